The van der Waals surface area contributed by atoms with E-state index in [1.54, 1.807) is 0 Å². The van der Waals surface area contributed by atoms with Crippen LogP contribution in [-0.2, 0) is 0 Å². The van der Waals surface area contributed by atoms with Crippen molar-refractivity contribution in [2.45, 2.75) is 6.92 Å². The van der Waals surface area contributed by atoms with E-state index in [0.29, 0.717) is 5.82 Å². The number of aryl methyl sites for hydroxylation is 1. The molecule has 0 saturated heterocycles. The zero-order chi connectivity index (χ0) is 11.7. The van der Waals surface area contributed by atoms with E-state index in [1.807, 2.05) is 37.3 Å². The number of rotatable bonds is 1. The lowest BCUT2D eigenvalue weighted by Crippen LogP contribution is -2.22. The molecule has 0 bridgehead atoms. The average Bonchev–Trinajstić information content (AvgIpc) is 2.56. The largest absolute Gasteiger partial charge is 0.383 e. The van der Waals surface area contributed by atoms with E-state index in [4.69, 9.17) is 23.7 Å². The summed E-state index contributed by atoms with van der Waals surface area (Å²) >= 11 is 4.87. The van der Waals surface area contributed by atoms with Crippen LogP contribution in [0.3, 0.4) is 0 Å². The number of thiocarbonyl (C=S) groups is 1. The standard InChI is InChI=1S/C11H12N4S/c1-7-9(8-5-3-2-4-6-8)10(12)15(14-7)11(13)16/h2-6H,12H2,1H3,(H2,13,16). The molecule has 0 amide bonds. The van der Waals surface area contributed by atoms with E-state index < -0.39 is 0 Å². The molecule has 16 heavy (non-hydrogen) atoms. The summed E-state index contributed by atoms with van der Waals surface area (Å²) in [6, 6.07) is 9.81. The Bertz CT molecular complexity index is 530. The first kappa shape index (κ1) is 10.6. The monoisotopic (exact) mass is 232 g/mol. The van der Waals surface area contributed by atoms with Gasteiger partial charge in [0.25, 0.3) is 0 Å². The van der Waals surface area contributed by atoms with Gasteiger partial charge in [-0.25, -0.2) is 0 Å². The minimum atomic E-state index is 0.155. The van der Waals surface area contributed by atoms with Crippen LogP contribution < -0.4 is 11.5 Å². The van der Waals surface area contributed by atoms with Crippen molar-refractivity contribution in [2.24, 2.45) is 5.73 Å². The van der Waals surface area contributed by atoms with Gasteiger partial charge in [0.05, 0.1) is 5.69 Å². The molecule has 0 aliphatic carbocycles. The van der Waals surface area contributed by atoms with E-state index in [-0.39, 0.29) is 5.11 Å². The fraction of sp³-hybridized carbons (Fsp3) is 0.0909. The summed E-state index contributed by atoms with van der Waals surface area (Å²) < 4.78 is 1.38. The molecule has 1 heterocycles. The van der Waals surface area contributed by atoms with Crippen molar-refractivity contribution < 1.29 is 0 Å². The summed E-state index contributed by atoms with van der Waals surface area (Å²) in [6.45, 7) is 1.88. The molecule has 0 fully saturated rings. The lowest BCUT2D eigenvalue weighted by molar-refractivity contribution is 0.925. The highest BCUT2D eigenvalue weighted by molar-refractivity contribution is 7.80. The molecule has 4 nitrogen and oxygen atoms in total. The highest BCUT2D eigenvalue weighted by atomic mass is 32.1. The zero-order valence-electron chi connectivity index (χ0n) is 8.84. The first-order valence-corrected chi connectivity index (χ1v) is 5.22. The van der Waals surface area contributed by atoms with Crippen LogP contribution in [0.5, 0.6) is 0 Å². The zero-order valence-corrected chi connectivity index (χ0v) is 9.66. The van der Waals surface area contributed by atoms with Crippen LogP contribution in [0.4, 0.5) is 5.82 Å². The van der Waals surface area contributed by atoms with Crippen LogP contribution in [0.25, 0.3) is 11.1 Å². The van der Waals surface area contributed by atoms with Gasteiger partial charge in [0.2, 0.25) is 0 Å². The maximum Gasteiger partial charge on any atom is 0.193 e. The fourth-order valence-corrected chi connectivity index (χ4v) is 1.81. The average molecular weight is 232 g/mol. The van der Waals surface area contributed by atoms with Gasteiger partial charge in [-0.1, -0.05) is 30.3 Å². The van der Waals surface area contributed by atoms with Crippen LogP contribution in [-0.4, -0.2) is 14.9 Å². The number of nitrogens with two attached hydrogens (primary N) is 2. The van der Waals surface area contributed by atoms with E-state index in [0.717, 1.165) is 16.8 Å². The first-order valence-electron chi connectivity index (χ1n) is 4.81. The van der Waals surface area contributed by atoms with E-state index in [2.05, 4.69) is 5.10 Å². The summed E-state index contributed by atoms with van der Waals surface area (Å²) in [4.78, 5) is 0. The van der Waals surface area contributed by atoms with Crippen LogP contribution in [0, 0.1) is 6.92 Å². The number of anilines is 1. The maximum absolute atomic E-state index is 5.97. The van der Waals surface area contributed by atoms with Gasteiger partial charge in [0.1, 0.15) is 5.82 Å². The molecule has 0 aliphatic heterocycles. The van der Waals surface area contributed by atoms with Gasteiger partial charge in [0.15, 0.2) is 5.11 Å². The molecule has 5 heteroatoms. The number of hydrogen-bond acceptors (Lipinski definition) is 3. The Labute approximate surface area is 98.9 Å². The van der Waals surface area contributed by atoms with Crippen molar-refractivity contribution >= 4 is 23.1 Å². The van der Waals surface area contributed by atoms with Crippen molar-refractivity contribution in [1.82, 2.24) is 9.78 Å². The Balaban J connectivity index is 2.63. The predicted octanol–water partition coefficient (Wildman–Crippen LogP) is 1.53. The number of benzene rings is 1. The molecule has 2 rings (SSSR count). The smallest absolute Gasteiger partial charge is 0.193 e. The molecule has 0 atom stereocenters. The lowest BCUT2D eigenvalue weighted by atomic mass is 10.1. The second-order valence-electron chi connectivity index (χ2n) is 3.46. The molecular formula is C11H12N4S. The molecule has 0 radical (unpaired) electrons. The quantitative estimate of drug-likeness (QED) is 0.732. The van der Waals surface area contributed by atoms with Crippen molar-refractivity contribution in [1.29, 1.82) is 0 Å². The van der Waals surface area contributed by atoms with Gasteiger partial charge in [-0.05, 0) is 24.7 Å². The van der Waals surface area contributed by atoms with Crippen molar-refractivity contribution in [3.8, 4) is 11.1 Å². The van der Waals surface area contributed by atoms with Gasteiger partial charge in [-0.3, -0.25) is 0 Å². The molecule has 0 spiro atoms. The molecule has 0 saturated carbocycles. The number of aromatic nitrogens is 2. The second kappa shape index (κ2) is 3.94. The number of nitrogen functional groups attached to an aromatic ring is 1. The van der Waals surface area contributed by atoms with Crippen LogP contribution in [0.1, 0.15) is 5.69 Å². The Kier molecular flexibility index (Phi) is 2.62. The first-order chi connectivity index (χ1) is 7.61. The topological polar surface area (TPSA) is 69.9 Å². The Morgan fingerprint density at radius 2 is 1.94 bits per heavy atom. The predicted molar refractivity (Wildman–Crippen MR) is 69.0 cm³/mol. The fourth-order valence-electron chi connectivity index (χ4n) is 1.67. The van der Waals surface area contributed by atoms with Crippen molar-refractivity contribution in [2.75, 3.05) is 5.73 Å². The van der Waals surface area contributed by atoms with Crippen molar-refractivity contribution in [3.63, 3.8) is 0 Å². The molecule has 4 N–H and O–H groups in total. The van der Waals surface area contributed by atoms with Gasteiger partial charge in [-0.2, -0.15) is 9.78 Å². The normalized spacial score (nSPS) is 10.3. The molecule has 1 aromatic carbocycles. The number of hydrogen-bond donors (Lipinski definition) is 2. The Hall–Kier alpha value is -1.88. The summed E-state index contributed by atoms with van der Waals surface area (Å²) in [5.41, 5.74) is 14.2. The van der Waals surface area contributed by atoms with Crippen LogP contribution >= 0.6 is 12.2 Å². The highest BCUT2D eigenvalue weighted by Crippen LogP contribution is 2.28. The van der Waals surface area contributed by atoms with Crippen LogP contribution in [0.2, 0.25) is 0 Å². The molecule has 1 aromatic heterocycles. The molecule has 0 unspecified atom stereocenters. The highest BCUT2D eigenvalue weighted by Gasteiger charge is 2.14. The third kappa shape index (κ3) is 1.65. The molecule has 0 aliphatic rings. The van der Waals surface area contributed by atoms with Gasteiger partial charge >= 0.3 is 0 Å². The summed E-state index contributed by atoms with van der Waals surface area (Å²) in [5.74, 6) is 0.483. The van der Waals surface area contributed by atoms with Crippen molar-refractivity contribution in [3.05, 3.63) is 36.0 Å². The number of nitrogens with zero attached hydrogens (tertiary/aromatic N) is 2. The summed E-state index contributed by atoms with van der Waals surface area (Å²) in [5, 5.41) is 4.37. The molecular weight excluding hydrogens is 220 g/mol. The maximum atomic E-state index is 5.97. The van der Waals surface area contributed by atoms with E-state index in [1.165, 1.54) is 4.68 Å². The van der Waals surface area contributed by atoms with E-state index >= 15 is 0 Å². The lowest BCUT2D eigenvalue weighted by Gasteiger charge is -2.02. The van der Waals surface area contributed by atoms with Gasteiger partial charge in [0, 0.05) is 5.56 Å². The molecule has 2 aromatic rings. The minimum Gasteiger partial charge on any atom is -0.383 e. The third-order valence-corrected chi connectivity index (χ3v) is 2.54. The minimum absolute atomic E-state index is 0.155. The van der Waals surface area contributed by atoms with Gasteiger partial charge < -0.3 is 11.5 Å². The van der Waals surface area contributed by atoms with Crippen LogP contribution in [0.15, 0.2) is 30.3 Å². The Morgan fingerprint density at radius 3 is 2.44 bits per heavy atom. The molecule has 82 valence electrons. The summed E-state index contributed by atoms with van der Waals surface area (Å²) in [7, 11) is 0. The third-order valence-electron chi connectivity index (χ3n) is 2.37. The summed E-state index contributed by atoms with van der Waals surface area (Å²) in [6.07, 6.45) is 0. The van der Waals surface area contributed by atoms with E-state index in [9.17, 15) is 0 Å². The SMILES string of the molecule is Cc1nn(C(N)=S)c(N)c1-c1ccccc1. The van der Waals surface area contributed by atoms with Gasteiger partial charge in [-0.15, -0.1) is 0 Å². The Morgan fingerprint density at radius 1 is 1.31 bits per heavy atom. The second-order valence-corrected chi connectivity index (χ2v) is 3.88.